The van der Waals surface area contributed by atoms with Gasteiger partial charge >= 0.3 is 23.9 Å². The van der Waals surface area contributed by atoms with Crippen LogP contribution < -0.4 is 0 Å². The van der Waals surface area contributed by atoms with Crippen LogP contribution in [0.4, 0.5) is 0 Å². The average Bonchev–Trinajstić information content (AvgIpc) is 2.54. The second-order valence-electron chi connectivity index (χ2n) is 7.25. The molecule has 1 atom stereocenters. The van der Waals surface area contributed by atoms with Crippen molar-refractivity contribution >= 4 is 23.9 Å². The average molecular weight is 419 g/mol. The molecule has 0 aliphatic carbocycles. The van der Waals surface area contributed by atoms with Crippen molar-refractivity contribution in [3.8, 4) is 0 Å². The molecule has 0 fully saturated rings. The van der Waals surface area contributed by atoms with E-state index in [1.807, 2.05) is 25.7 Å². The fourth-order valence-electron chi connectivity index (χ4n) is 3.33. The Kier molecular flexibility index (Phi) is 12.8. The van der Waals surface area contributed by atoms with E-state index in [1.54, 1.807) is 0 Å². The Morgan fingerprint density at radius 1 is 0.655 bits per heavy atom. The van der Waals surface area contributed by atoms with Crippen molar-refractivity contribution in [3.05, 3.63) is 0 Å². The molecule has 0 saturated heterocycles. The van der Waals surface area contributed by atoms with Crippen LogP contribution in [0.15, 0.2) is 0 Å². The molecular formula is C18H33N3O8. The summed E-state index contributed by atoms with van der Waals surface area (Å²) >= 11 is 0. The monoisotopic (exact) mass is 419 g/mol. The Balaban J connectivity index is 5.20. The molecule has 11 nitrogen and oxygen atoms in total. The first-order valence-electron chi connectivity index (χ1n) is 9.52. The highest BCUT2D eigenvalue weighted by Crippen LogP contribution is 2.14. The summed E-state index contributed by atoms with van der Waals surface area (Å²) in [7, 11) is 0. The number of carboxylic acids is 4. The first-order valence-corrected chi connectivity index (χ1v) is 9.52. The number of hydrogen-bond donors (Lipinski definition) is 4. The predicted molar refractivity (Wildman–Crippen MR) is 104 cm³/mol. The van der Waals surface area contributed by atoms with Crippen LogP contribution in [0, 0.1) is 5.92 Å². The Morgan fingerprint density at radius 3 is 1.17 bits per heavy atom. The minimum absolute atomic E-state index is 0.100. The summed E-state index contributed by atoms with van der Waals surface area (Å²) in [5, 5.41) is 35.9. The molecule has 0 rings (SSSR count). The van der Waals surface area contributed by atoms with Crippen LogP contribution in [-0.4, -0.2) is 117 Å². The van der Waals surface area contributed by atoms with Gasteiger partial charge in [0.25, 0.3) is 0 Å². The Labute approximate surface area is 170 Å². The van der Waals surface area contributed by atoms with Crippen molar-refractivity contribution in [2.24, 2.45) is 5.92 Å². The van der Waals surface area contributed by atoms with Gasteiger partial charge in [0, 0.05) is 32.2 Å². The molecule has 0 aliphatic heterocycles. The number of nitrogens with zero attached hydrogens (tertiary/aromatic N) is 3. The van der Waals surface area contributed by atoms with Gasteiger partial charge in [-0.3, -0.25) is 33.9 Å². The van der Waals surface area contributed by atoms with E-state index in [0.717, 1.165) is 6.42 Å². The van der Waals surface area contributed by atoms with Gasteiger partial charge in [0.15, 0.2) is 0 Å². The van der Waals surface area contributed by atoms with Gasteiger partial charge in [-0.2, -0.15) is 0 Å². The largest absolute Gasteiger partial charge is 0.480 e. The zero-order valence-electron chi connectivity index (χ0n) is 17.3. The lowest BCUT2D eigenvalue weighted by molar-refractivity contribution is -0.143. The molecule has 168 valence electrons. The van der Waals surface area contributed by atoms with E-state index in [4.69, 9.17) is 20.4 Å². The number of rotatable bonds is 17. The summed E-state index contributed by atoms with van der Waals surface area (Å²) in [5.74, 6) is -4.24. The van der Waals surface area contributed by atoms with Gasteiger partial charge in [-0.25, -0.2) is 0 Å². The fraction of sp³-hybridized carbons (Fsp3) is 0.778. The third-order valence-corrected chi connectivity index (χ3v) is 4.50. The van der Waals surface area contributed by atoms with E-state index >= 15 is 0 Å². The van der Waals surface area contributed by atoms with Gasteiger partial charge in [0.2, 0.25) is 0 Å². The molecule has 29 heavy (non-hydrogen) atoms. The Bertz CT molecular complexity index is 483. The van der Waals surface area contributed by atoms with Gasteiger partial charge in [-0.15, -0.1) is 0 Å². The predicted octanol–water partition coefficient (Wildman–Crippen LogP) is -0.335. The molecule has 0 spiro atoms. The first-order chi connectivity index (χ1) is 13.5. The van der Waals surface area contributed by atoms with Crippen molar-refractivity contribution in [2.45, 2.75) is 33.2 Å². The number of carbonyl (C=O) groups is 4. The highest BCUT2D eigenvalue weighted by molar-refractivity contribution is 5.73. The molecule has 0 amide bonds. The van der Waals surface area contributed by atoms with E-state index in [9.17, 15) is 19.2 Å². The summed E-state index contributed by atoms with van der Waals surface area (Å²) in [6.07, 6.45) is 0.785. The Hall–Kier alpha value is -2.24. The topological polar surface area (TPSA) is 159 Å². The van der Waals surface area contributed by atoms with Gasteiger partial charge in [-0.05, 0) is 12.3 Å². The second-order valence-corrected chi connectivity index (χ2v) is 7.25. The van der Waals surface area contributed by atoms with Gasteiger partial charge < -0.3 is 20.4 Å². The van der Waals surface area contributed by atoms with Crippen LogP contribution >= 0.6 is 0 Å². The lowest BCUT2D eigenvalue weighted by Gasteiger charge is -2.36. The molecule has 4 N–H and O–H groups in total. The number of carboxylic acid groups (broad SMARTS) is 4. The molecule has 1 unspecified atom stereocenters. The number of aliphatic carboxylic acids is 4. The molecule has 11 heteroatoms. The van der Waals surface area contributed by atoms with E-state index in [-0.39, 0.29) is 25.0 Å². The van der Waals surface area contributed by atoms with Crippen molar-refractivity contribution in [1.82, 2.24) is 14.7 Å². The van der Waals surface area contributed by atoms with E-state index in [1.165, 1.54) is 9.80 Å². The van der Waals surface area contributed by atoms with Crippen LogP contribution in [-0.2, 0) is 19.2 Å². The molecular weight excluding hydrogens is 386 g/mol. The maximum Gasteiger partial charge on any atom is 0.317 e. The first kappa shape index (κ1) is 26.8. The molecule has 0 aromatic carbocycles. The second kappa shape index (κ2) is 13.9. The van der Waals surface area contributed by atoms with Crippen molar-refractivity contribution in [1.29, 1.82) is 0 Å². The standard InChI is InChI=1S/C18H33N3O8/c1-4-14(13(2)3)21(7-5-19(9-15(22)23)10-16(24)25)8-6-20(11-17(26)27)12-18(28)29/h13-14H,4-12H2,1-3H3,(H,22,23)(H,24,25)(H,26,27)(H,28,29). The summed E-state index contributed by atoms with van der Waals surface area (Å²) in [6.45, 7) is 5.63. The lowest BCUT2D eigenvalue weighted by atomic mass is 9.99. The van der Waals surface area contributed by atoms with Crippen LogP contribution in [0.3, 0.4) is 0 Å². The molecule has 0 heterocycles. The highest BCUT2D eigenvalue weighted by Gasteiger charge is 2.23. The maximum absolute atomic E-state index is 11.0. The van der Waals surface area contributed by atoms with Crippen molar-refractivity contribution in [2.75, 3.05) is 52.4 Å². The zero-order chi connectivity index (χ0) is 22.6. The van der Waals surface area contributed by atoms with Gasteiger partial charge in [-0.1, -0.05) is 20.8 Å². The van der Waals surface area contributed by atoms with Crippen molar-refractivity contribution < 1.29 is 39.6 Å². The summed E-state index contributed by atoms with van der Waals surface area (Å²) in [4.78, 5) is 48.6. The van der Waals surface area contributed by atoms with Crippen molar-refractivity contribution in [3.63, 3.8) is 0 Å². The summed E-state index contributed by atoms with van der Waals surface area (Å²) in [5.41, 5.74) is 0. The van der Waals surface area contributed by atoms with E-state index in [2.05, 4.69) is 0 Å². The van der Waals surface area contributed by atoms with Crippen LogP contribution in [0.1, 0.15) is 27.2 Å². The lowest BCUT2D eigenvalue weighted by Crippen LogP contribution is -2.48. The maximum atomic E-state index is 11.0. The molecule has 0 saturated carbocycles. The third kappa shape index (κ3) is 12.8. The SMILES string of the molecule is CCC(C(C)C)N(CCN(CC(=O)O)CC(=O)O)CCN(CC(=O)O)CC(=O)O. The molecule has 0 radical (unpaired) electrons. The zero-order valence-corrected chi connectivity index (χ0v) is 17.3. The smallest absolute Gasteiger partial charge is 0.317 e. The normalized spacial score (nSPS) is 12.7. The minimum atomic E-state index is -1.12. The third-order valence-electron chi connectivity index (χ3n) is 4.50. The van der Waals surface area contributed by atoms with E-state index < -0.39 is 50.1 Å². The fourth-order valence-corrected chi connectivity index (χ4v) is 3.33. The van der Waals surface area contributed by atoms with Crippen LogP contribution in [0.25, 0.3) is 0 Å². The quantitative estimate of drug-likeness (QED) is 0.244. The van der Waals surface area contributed by atoms with Gasteiger partial charge in [0.05, 0.1) is 26.2 Å². The summed E-state index contributed by atoms with van der Waals surface area (Å²) in [6, 6.07) is 0.100. The summed E-state index contributed by atoms with van der Waals surface area (Å²) < 4.78 is 0. The van der Waals surface area contributed by atoms with Crippen LogP contribution in [0.2, 0.25) is 0 Å². The van der Waals surface area contributed by atoms with Crippen LogP contribution in [0.5, 0.6) is 0 Å². The van der Waals surface area contributed by atoms with E-state index in [0.29, 0.717) is 13.1 Å². The molecule has 0 aromatic rings. The van der Waals surface area contributed by atoms with Gasteiger partial charge in [0.1, 0.15) is 0 Å². The molecule has 0 aromatic heterocycles. The molecule has 0 aliphatic rings. The molecule has 0 bridgehead atoms. The Morgan fingerprint density at radius 2 is 0.966 bits per heavy atom. The highest BCUT2D eigenvalue weighted by atomic mass is 16.4. The minimum Gasteiger partial charge on any atom is -0.480 e. The number of hydrogen-bond acceptors (Lipinski definition) is 7.